The predicted octanol–water partition coefficient (Wildman–Crippen LogP) is 2.05. The molecule has 0 aliphatic heterocycles. The highest BCUT2D eigenvalue weighted by Gasteiger charge is 2.04. The molecule has 0 radical (unpaired) electrons. The molecule has 5 heteroatoms. The summed E-state index contributed by atoms with van der Waals surface area (Å²) in [7, 11) is 4.17. The zero-order valence-corrected chi connectivity index (χ0v) is 11.9. The molecule has 102 valence electrons. The second-order valence-electron chi connectivity index (χ2n) is 4.85. The summed E-state index contributed by atoms with van der Waals surface area (Å²) in [5.41, 5.74) is 0. The number of nitrogens with one attached hydrogen (secondary N) is 2. The molecule has 1 heterocycles. The van der Waals surface area contributed by atoms with E-state index in [0.717, 1.165) is 37.6 Å². The SMILES string of the molecule is CCCNc1cc(NC(C)CCN(C)C)ncn1. The molecule has 1 aromatic heterocycles. The van der Waals surface area contributed by atoms with E-state index in [2.05, 4.69) is 53.4 Å². The fourth-order valence-electron chi connectivity index (χ4n) is 1.56. The average Bonchev–Trinajstić information content (AvgIpc) is 2.34. The molecule has 5 nitrogen and oxygen atoms in total. The van der Waals surface area contributed by atoms with Crippen LogP contribution in [0.1, 0.15) is 26.7 Å². The minimum atomic E-state index is 0.404. The molecule has 18 heavy (non-hydrogen) atoms. The second kappa shape index (κ2) is 7.87. The molecule has 1 aromatic rings. The molecule has 0 bridgehead atoms. The van der Waals surface area contributed by atoms with Gasteiger partial charge in [-0.2, -0.15) is 0 Å². The van der Waals surface area contributed by atoms with Crippen LogP contribution in [0.3, 0.4) is 0 Å². The average molecular weight is 251 g/mol. The van der Waals surface area contributed by atoms with Crippen LogP contribution in [0.5, 0.6) is 0 Å². The minimum absolute atomic E-state index is 0.404. The highest BCUT2D eigenvalue weighted by Crippen LogP contribution is 2.10. The zero-order chi connectivity index (χ0) is 13.4. The Kier molecular flexibility index (Phi) is 6.43. The van der Waals surface area contributed by atoms with Crippen molar-refractivity contribution in [3.63, 3.8) is 0 Å². The van der Waals surface area contributed by atoms with Gasteiger partial charge in [0.2, 0.25) is 0 Å². The monoisotopic (exact) mass is 251 g/mol. The molecule has 0 saturated heterocycles. The van der Waals surface area contributed by atoms with Crippen molar-refractivity contribution in [3.05, 3.63) is 12.4 Å². The molecule has 0 spiro atoms. The Balaban J connectivity index is 2.45. The van der Waals surface area contributed by atoms with Gasteiger partial charge in [-0.1, -0.05) is 6.92 Å². The van der Waals surface area contributed by atoms with Crippen molar-refractivity contribution in [2.45, 2.75) is 32.7 Å². The quantitative estimate of drug-likeness (QED) is 0.740. The van der Waals surface area contributed by atoms with Gasteiger partial charge >= 0.3 is 0 Å². The van der Waals surface area contributed by atoms with Crippen molar-refractivity contribution in [1.82, 2.24) is 14.9 Å². The maximum absolute atomic E-state index is 4.24. The number of hydrogen-bond donors (Lipinski definition) is 2. The van der Waals surface area contributed by atoms with Gasteiger partial charge in [0.1, 0.15) is 18.0 Å². The Morgan fingerprint density at radius 2 is 2.00 bits per heavy atom. The summed E-state index contributed by atoms with van der Waals surface area (Å²) in [6.45, 7) is 6.31. The van der Waals surface area contributed by atoms with Crippen LogP contribution in [-0.4, -0.2) is 48.1 Å². The molecular formula is C13H25N5. The van der Waals surface area contributed by atoms with E-state index in [1.807, 2.05) is 6.07 Å². The molecule has 1 rings (SSSR count). The van der Waals surface area contributed by atoms with Crippen molar-refractivity contribution >= 4 is 11.6 Å². The standard InChI is InChI=1S/C13H25N5/c1-5-7-14-12-9-13(16-10-15-12)17-11(2)6-8-18(3)4/h9-11H,5-8H2,1-4H3,(H2,14,15,16,17). The lowest BCUT2D eigenvalue weighted by Crippen LogP contribution is -2.23. The fraction of sp³-hybridized carbons (Fsp3) is 0.692. The summed E-state index contributed by atoms with van der Waals surface area (Å²) in [4.78, 5) is 10.6. The largest absolute Gasteiger partial charge is 0.370 e. The summed E-state index contributed by atoms with van der Waals surface area (Å²) in [6, 6.07) is 2.36. The van der Waals surface area contributed by atoms with Gasteiger partial charge in [-0.15, -0.1) is 0 Å². The molecule has 0 aliphatic carbocycles. The van der Waals surface area contributed by atoms with E-state index in [-0.39, 0.29) is 0 Å². The van der Waals surface area contributed by atoms with Crippen LogP contribution in [0, 0.1) is 0 Å². The first kappa shape index (κ1) is 14.7. The molecule has 1 atom stereocenters. The smallest absolute Gasteiger partial charge is 0.131 e. The van der Waals surface area contributed by atoms with Gasteiger partial charge in [0.15, 0.2) is 0 Å². The van der Waals surface area contributed by atoms with Crippen LogP contribution in [-0.2, 0) is 0 Å². The minimum Gasteiger partial charge on any atom is -0.370 e. The van der Waals surface area contributed by atoms with Gasteiger partial charge < -0.3 is 15.5 Å². The van der Waals surface area contributed by atoms with Gasteiger partial charge in [0.25, 0.3) is 0 Å². The number of anilines is 2. The Hall–Kier alpha value is -1.36. The molecule has 1 unspecified atom stereocenters. The van der Waals surface area contributed by atoms with Gasteiger partial charge in [0, 0.05) is 18.7 Å². The Morgan fingerprint density at radius 3 is 2.67 bits per heavy atom. The summed E-state index contributed by atoms with van der Waals surface area (Å²) in [5.74, 6) is 1.77. The molecule has 0 amide bonds. The number of rotatable bonds is 8. The van der Waals surface area contributed by atoms with Crippen molar-refractivity contribution in [2.24, 2.45) is 0 Å². The first-order chi connectivity index (χ1) is 8.61. The van der Waals surface area contributed by atoms with E-state index < -0.39 is 0 Å². The van der Waals surface area contributed by atoms with E-state index >= 15 is 0 Å². The molecule has 0 fully saturated rings. The molecule has 0 aromatic carbocycles. The summed E-state index contributed by atoms with van der Waals surface area (Å²) in [5, 5.41) is 6.66. The van der Waals surface area contributed by atoms with E-state index in [9.17, 15) is 0 Å². The van der Waals surface area contributed by atoms with Crippen LogP contribution in [0.25, 0.3) is 0 Å². The number of nitrogens with zero attached hydrogens (tertiary/aromatic N) is 3. The highest BCUT2D eigenvalue weighted by atomic mass is 15.1. The highest BCUT2D eigenvalue weighted by molar-refractivity contribution is 5.46. The zero-order valence-electron chi connectivity index (χ0n) is 11.9. The third kappa shape index (κ3) is 5.82. The van der Waals surface area contributed by atoms with E-state index in [1.165, 1.54) is 0 Å². The molecule has 2 N–H and O–H groups in total. The van der Waals surface area contributed by atoms with Crippen molar-refractivity contribution < 1.29 is 0 Å². The lowest BCUT2D eigenvalue weighted by atomic mass is 10.2. The normalized spacial score (nSPS) is 12.5. The van der Waals surface area contributed by atoms with Crippen LogP contribution in [0.15, 0.2) is 12.4 Å². The van der Waals surface area contributed by atoms with Crippen LogP contribution >= 0.6 is 0 Å². The number of hydrogen-bond acceptors (Lipinski definition) is 5. The Labute approximate surface area is 110 Å². The van der Waals surface area contributed by atoms with Crippen LogP contribution in [0.2, 0.25) is 0 Å². The lowest BCUT2D eigenvalue weighted by molar-refractivity contribution is 0.390. The third-order valence-electron chi connectivity index (χ3n) is 2.63. The van der Waals surface area contributed by atoms with E-state index in [4.69, 9.17) is 0 Å². The summed E-state index contributed by atoms with van der Waals surface area (Å²) >= 11 is 0. The van der Waals surface area contributed by atoms with Crippen molar-refractivity contribution in [2.75, 3.05) is 37.8 Å². The van der Waals surface area contributed by atoms with Gasteiger partial charge in [-0.05, 0) is 40.4 Å². The van der Waals surface area contributed by atoms with E-state index in [0.29, 0.717) is 6.04 Å². The summed E-state index contributed by atoms with van der Waals surface area (Å²) < 4.78 is 0. The summed E-state index contributed by atoms with van der Waals surface area (Å²) in [6.07, 6.45) is 3.78. The van der Waals surface area contributed by atoms with Crippen LogP contribution < -0.4 is 10.6 Å². The Bertz CT molecular complexity index is 340. The van der Waals surface area contributed by atoms with Crippen molar-refractivity contribution in [3.8, 4) is 0 Å². The first-order valence-corrected chi connectivity index (χ1v) is 6.59. The topological polar surface area (TPSA) is 53.1 Å². The van der Waals surface area contributed by atoms with Gasteiger partial charge in [0.05, 0.1) is 0 Å². The predicted molar refractivity (Wildman–Crippen MR) is 77.1 cm³/mol. The first-order valence-electron chi connectivity index (χ1n) is 6.59. The number of aromatic nitrogens is 2. The molecule has 0 saturated carbocycles. The van der Waals surface area contributed by atoms with E-state index in [1.54, 1.807) is 6.33 Å². The van der Waals surface area contributed by atoms with Gasteiger partial charge in [-0.3, -0.25) is 0 Å². The Morgan fingerprint density at radius 1 is 1.28 bits per heavy atom. The van der Waals surface area contributed by atoms with Crippen LogP contribution in [0.4, 0.5) is 11.6 Å². The second-order valence-corrected chi connectivity index (χ2v) is 4.85. The molecular weight excluding hydrogens is 226 g/mol. The lowest BCUT2D eigenvalue weighted by Gasteiger charge is -2.17. The van der Waals surface area contributed by atoms with Crippen molar-refractivity contribution in [1.29, 1.82) is 0 Å². The fourth-order valence-corrected chi connectivity index (χ4v) is 1.56. The maximum atomic E-state index is 4.24. The molecule has 0 aliphatic rings. The van der Waals surface area contributed by atoms with Gasteiger partial charge in [-0.25, -0.2) is 9.97 Å². The maximum Gasteiger partial charge on any atom is 0.131 e. The third-order valence-corrected chi connectivity index (χ3v) is 2.63.